The average Bonchev–Trinajstić information content (AvgIpc) is 3.12. The van der Waals surface area contributed by atoms with Gasteiger partial charge < -0.3 is 5.73 Å². The van der Waals surface area contributed by atoms with Gasteiger partial charge in [0.05, 0.1) is 0 Å². The van der Waals surface area contributed by atoms with E-state index in [-0.39, 0.29) is 5.84 Å². The first kappa shape index (κ1) is 13.1. The van der Waals surface area contributed by atoms with Crippen molar-refractivity contribution in [1.82, 2.24) is 4.90 Å². The van der Waals surface area contributed by atoms with E-state index in [0.29, 0.717) is 6.04 Å². The van der Waals surface area contributed by atoms with Gasteiger partial charge in [0.2, 0.25) is 0 Å². The quantitative estimate of drug-likeness (QED) is 0.598. The minimum absolute atomic E-state index is 0.139. The van der Waals surface area contributed by atoms with Crippen molar-refractivity contribution in [3.8, 4) is 0 Å². The van der Waals surface area contributed by atoms with Gasteiger partial charge >= 0.3 is 0 Å². The smallest absolute Gasteiger partial charge is 0.122 e. The third kappa shape index (κ3) is 3.57. The first-order valence-corrected chi connectivity index (χ1v) is 6.73. The van der Waals surface area contributed by atoms with Crippen molar-refractivity contribution in [3.63, 3.8) is 0 Å². The molecule has 0 atom stereocenters. The molecule has 1 aliphatic rings. The molecule has 2 rings (SSSR count). The Morgan fingerprint density at radius 3 is 2.39 bits per heavy atom. The van der Waals surface area contributed by atoms with Gasteiger partial charge in [-0.1, -0.05) is 24.3 Å². The lowest BCUT2D eigenvalue weighted by atomic mass is 10.1. The fraction of sp³-hybridized carbons (Fsp3) is 0.533. The Morgan fingerprint density at radius 1 is 1.33 bits per heavy atom. The summed E-state index contributed by atoms with van der Waals surface area (Å²) >= 11 is 0. The van der Waals surface area contributed by atoms with E-state index in [1.165, 1.54) is 24.9 Å². The SMILES string of the molecule is CC(C)N(Cc1ccc(C(=N)N)cc1)CC1CC1. The second-order valence-electron chi connectivity index (χ2n) is 5.58. The Balaban J connectivity index is 1.98. The molecule has 0 aromatic heterocycles. The molecule has 1 aromatic rings. The van der Waals surface area contributed by atoms with E-state index in [9.17, 15) is 0 Å². The number of nitrogens with zero attached hydrogens (tertiary/aromatic N) is 1. The maximum Gasteiger partial charge on any atom is 0.122 e. The Hall–Kier alpha value is -1.35. The molecule has 1 fully saturated rings. The molecular weight excluding hydrogens is 222 g/mol. The molecule has 3 heteroatoms. The molecule has 1 saturated carbocycles. The maximum absolute atomic E-state index is 7.38. The highest BCUT2D eigenvalue weighted by Crippen LogP contribution is 2.30. The van der Waals surface area contributed by atoms with Crippen LogP contribution < -0.4 is 5.73 Å². The summed E-state index contributed by atoms with van der Waals surface area (Å²) in [6.45, 7) is 6.72. The average molecular weight is 245 g/mol. The Morgan fingerprint density at radius 2 is 1.94 bits per heavy atom. The second kappa shape index (κ2) is 5.53. The van der Waals surface area contributed by atoms with Gasteiger partial charge in [-0.15, -0.1) is 0 Å². The van der Waals surface area contributed by atoms with Gasteiger partial charge in [0.15, 0.2) is 0 Å². The number of amidine groups is 1. The van der Waals surface area contributed by atoms with E-state index in [2.05, 4.69) is 30.9 Å². The predicted octanol–water partition coefficient (Wildman–Crippen LogP) is 2.59. The minimum Gasteiger partial charge on any atom is -0.384 e. The van der Waals surface area contributed by atoms with Crippen LogP contribution in [0.2, 0.25) is 0 Å². The van der Waals surface area contributed by atoms with Gasteiger partial charge in [-0.2, -0.15) is 0 Å². The molecule has 98 valence electrons. The van der Waals surface area contributed by atoms with E-state index < -0.39 is 0 Å². The fourth-order valence-electron chi connectivity index (χ4n) is 2.11. The summed E-state index contributed by atoms with van der Waals surface area (Å²) in [4.78, 5) is 2.53. The molecule has 0 aliphatic heterocycles. The summed E-state index contributed by atoms with van der Waals surface area (Å²) in [7, 11) is 0. The van der Waals surface area contributed by atoms with E-state index in [4.69, 9.17) is 11.1 Å². The van der Waals surface area contributed by atoms with Crippen molar-refractivity contribution in [2.75, 3.05) is 6.54 Å². The summed E-state index contributed by atoms with van der Waals surface area (Å²) in [5, 5.41) is 7.38. The highest BCUT2D eigenvalue weighted by Gasteiger charge is 2.25. The number of nitrogens with two attached hydrogens (primary N) is 1. The van der Waals surface area contributed by atoms with E-state index in [1.54, 1.807) is 0 Å². The molecule has 0 amide bonds. The highest BCUT2D eigenvalue weighted by molar-refractivity contribution is 5.94. The number of nitrogens with one attached hydrogen (secondary N) is 1. The van der Waals surface area contributed by atoms with Crippen LogP contribution in [-0.4, -0.2) is 23.3 Å². The Bertz CT molecular complexity index is 404. The zero-order valence-corrected chi connectivity index (χ0v) is 11.3. The van der Waals surface area contributed by atoms with Gasteiger partial charge in [-0.3, -0.25) is 10.3 Å². The molecule has 0 unspecified atom stereocenters. The maximum atomic E-state index is 7.38. The largest absolute Gasteiger partial charge is 0.384 e. The third-order valence-corrected chi connectivity index (χ3v) is 3.57. The van der Waals surface area contributed by atoms with Gasteiger partial charge in [0.25, 0.3) is 0 Å². The number of nitrogen functional groups attached to an aromatic ring is 1. The molecular formula is C15H23N3. The number of hydrogen-bond donors (Lipinski definition) is 2. The number of rotatable bonds is 6. The summed E-state index contributed by atoms with van der Waals surface area (Å²) in [5.74, 6) is 1.06. The Kier molecular flexibility index (Phi) is 4.02. The number of benzene rings is 1. The molecule has 0 radical (unpaired) electrons. The fourth-order valence-corrected chi connectivity index (χ4v) is 2.11. The van der Waals surface area contributed by atoms with Gasteiger partial charge in [-0.05, 0) is 38.2 Å². The van der Waals surface area contributed by atoms with Crippen molar-refractivity contribution >= 4 is 5.84 Å². The molecule has 0 heterocycles. The minimum atomic E-state index is 0.139. The van der Waals surface area contributed by atoms with Crippen molar-refractivity contribution in [2.45, 2.75) is 39.3 Å². The van der Waals surface area contributed by atoms with Crippen molar-refractivity contribution in [3.05, 3.63) is 35.4 Å². The molecule has 3 nitrogen and oxygen atoms in total. The van der Waals surface area contributed by atoms with Crippen LogP contribution in [0.15, 0.2) is 24.3 Å². The lowest BCUT2D eigenvalue weighted by Crippen LogP contribution is -2.32. The predicted molar refractivity (Wildman–Crippen MR) is 75.7 cm³/mol. The standard InChI is InChI=1S/C15H23N3/c1-11(2)18(9-12-3-4-12)10-13-5-7-14(8-6-13)15(16)17/h5-8,11-12H,3-4,9-10H2,1-2H3,(H3,16,17). The first-order chi connectivity index (χ1) is 8.56. The summed E-state index contributed by atoms with van der Waals surface area (Å²) in [6.07, 6.45) is 2.79. The first-order valence-electron chi connectivity index (χ1n) is 6.73. The molecule has 1 aromatic carbocycles. The van der Waals surface area contributed by atoms with E-state index in [1.807, 2.05) is 12.1 Å². The summed E-state index contributed by atoms with van der Waals surface area (Å²) < 4.78 is 0. The van der Waals surface area contributed by atoms with Crippen LogP contribution in [-0.2, 0) is 6.54 Å². The monoisotopic (exact) mass is 245 g/mol. The summed E-state index contributed by atoms with van der Waals surface area (Å²) in [5.41, 5.74) is 7.56. The Labute approximate surface area is 109 Å². The molecule has 3 N–H and O–H groups in total. The van der Waals surface area contributed by atoms with Crippen LogP contribution in [0.25, 0.3) is 0 Å². The molecule has 0 saturated heterocycles. The van der Waals surface area contributed by atoms with Crippen LogP contribution in [0.3, 0.4) is 0 Å². The van der Waals surface area contributed by atoms with Gasteiger partial charge in [0, 0.05) is 24.7 Å². The highest BCUT2D eigenvalue weighted by atomic mass is 15.1. The van der Waals surface area contributed by atoms with Gasteiger partial charge in [-0.25, -0.2) is 0 Å². The van der Waals surface area contributed by atoms with E-state index in [0.717, 1.165) is 18.0 Å². The second-order valence-corrected chi connectivity index (χ2v) is 5.58. The summed E-state index contributed by atoms with van der Waals surface area (Å²) in [6, 6.07) is 8.62. The number of hydrogen-bond acceptors (Lipinski definition) is 2. The van der Waals surface area contributed by atoms with Crippen molar-refractivity contribution < 1.29 is 0 Å². The molecule has 18 heavy (non-hydrogen) atoms. The zero-order valence-electron chi connectivity index (χ0n) is 11.3. The van der Waals surface area contributed by atoms with Crippen LogP contribution in [0.4, 0.5) is 0 Å². The van der Waals surface area contributed by atoms with E-state index >= 15 is 0 Å². The van der Waals surface area contributed by atoms with Crippen LogP contribution in [0.1, 0.15) is 37.8 Å². The topological polar surface area (TPSA) is 53.1 Å². The lowest BCUT2D eigenvalue weighted by molar-refractivity contribution is 0.204. The van der Waals surface area contributed by atoms with Crippen LogP contribution in [0, 0.1) is 11.3 Å². The van der Waals surface area contributed by atoms with Crippen LogP contribution >= 0.6 is 0 Å². The van der Waals surface area contributed by atoms with Crippen molar-refractivity contribution in [1.29, 1.82) is 5.41 Å². The lowest BCUT2D eigenvalue weighted by Gasteiger charge is -2.26. The molecule has 0 spiro atoms. The molecule has 1 aliphatic carbocycles. The van der Waals surface area contributed by atoms with Gasteiger partial charge in [0.1, 0.15) is 5.84 Å². The zero-order chi connectivity index (χ0) is 13.1. The molecule has 0 bridgehead atoms. The normalized spacial score (nSPS) is 15.3. The van der Waals surface area contributed by atoms with Crippen molar-refractivity contribution in [2.24, 2.45) is 11.7 Å². The van der Waals surface area contributed by atoms with Crippen LogP contribution in [0.5, 0.6) is 0 Å². The third-order valence-electron chi connectivity index (χ3n) is 3.57.